The molecule has 0 N–H and O–H groups in total. The van der Waals surface area contributed by atoms with E-state index in [2.05, 4.69) is 41.0 Å². The molecule has 2 fully saturated rings. The lowest BCUT2D eigenvalue weighted by molar-refractivity contribution is -0.124. The standard InChI is InChI=1S/C23H25N3O2S/c1-17-7-9-19(10-8-17)15-21-22(27)26(23(28)29-21)16-24-11-13-25(14-12-24)20-6-4-3-5-18(20)2/h3-10,15H,11-14,16H2,1-2H3/b21-15-. The zero-order valence-electron chi connectivity index (χ0n) is 16.8. The largest absolute Gasteiger partial charge is 0.369 e. The third-order valence-electron chi connectivity index (χ3n) is 5.42. The lowest BCUT2D eigenvalue weighted by Crippen LogP contribution is -2.51. The van der Waals surface area contributed by atoms with Crippen LogP contribution >= 0.6 is 11.8 Å². The van der Waals surface area contributed by atoms with E-state index in [0.717, 1.165) is 43.5 Å². The Kier molecular flexibility index (Phi) is 5.74. The van der Waals surface area contributed by atoms with Crippen molar-refractivity contribution in [1.82, 2.24) is 9.80 Å². The molecule has 0 saturated carbocycles. The molecule has 6 heteroatoms. The second kappa shape index (κ2) is 8.43. The maximum absolute atomic E-state index is 12.8. The molecule has 2 saturated heterocycles. The van der Waals surface area contributed by atoms with Gasteiger partial charge in [0, 0.05) is 31.9 Å². The predicted molar refractivity (Wildman–Crippen MR) is 119 cm³/mol. The van der Waals surface area contributed by atoms with Gasteiger partial charge < -0.3 is 4.90 Å². The SMILES string of the molecule is Cc1ccc(/C=C2\SC(=O)N(CN3CCN(c4ccccc4C)CC3)C2=O)cc1. The minimum absolute atomic E-state index is 0.185. The molecule has 2 amide bonds. The average Bonchev–Trinajstić information content (AvgIpc) is 2.98. The molecule has 0 aromatic heterocycles. The van der Waals surface area contributed by atoms with Crippen molar-refractivity contribution in [2.45, 2.75) is 13.8 Å². The number of nitrogens with zero attached hydrogens (tertiary/aromatic N) is 3. The highest BCUT2D eigenvalue weighted by atomic mass is 32.2. The molecule has 0 radical (unpaired) electrons. The first kappa shape index (κ1) is 19.7. The summed E-state index contributed by atoms with van der Waals surface area (Å²) in [6.07, 6.45) is 1.81. The number of hydrogen-bond acceptors (Lipinski definition) is 5. The summed E-state index contributed by atoms with van der Waals surface area (Å²) < 4.78 is 0. The minimum Gasteiger partial charge on any atom is -0.369 e. The number of anilines is 1. The molecular weight excluding hydrogens is 382 g/mol. The van der Waals surface area contributed by atoms with E-state index >= 15 is 0 Å². The van der Waals surface area contributed by atoms with E-state index in [1.165, 1.54) is 21.7 Å². The Morgan fingerprint density at radius 3 is 2.31 bits per heavy atom. The third-order valence-corrected chi connectivity index (χ3v) is 6.33. The van der Waals surface area contributed by atoms with E-state index in [0.29, 0.717) is 11.6 Å². The fourth-order valence-electron chi connectivity index (χ4n) is 3.68. The van der Waals surface area contributed by atoms with Crippen molar-refractivity contribution < 1.29 is 9.59 Å². The summed E-state index contributed by atoms with van der Waals surface area (Å²) in [7, 11) is 0. The van der Waals surface area contributed by atoms with Crippen LogP contribution in [-0.4, -0.2) is 53.8 Å². The molecule has 0 atom stereocenters. The number of piperazine rings is 1. The summed E-state index contributed by atoms with van der Waals surface area (Å²) >= 11 is 1.03. The number of para-hydroxylation sites is 1. The molecule has 0 spiro atoms. The maximum atomic E-state index is 12.8. The quantitative estimate of drug-likeness (QED) is 0.714. The van der Waals surface area contributed by atoms with E-state index in [4.69, 9.17) is 0 Å². The molecule has 0 unspecified atom stereocenters. The van der Waals surface area contributed by atoms with Crippen molar-refractivity contribution in [3.8, 4) is 0 Å². The van der Waals surface area contributed by atoms with E-state index in [1.54, 1.807) is 6.08 Å². The van der Waals surface area contributed by atoms with Gasteiger partial charge in [0.05, 0.1) is 11.6 Å². The highest BCUT2D eigenvalue weighted by molar-refractivity contribution is 8.18. The third kappa shape index (κ3) is 4.38. The lowest BCUT2D eigenvalue weighted by Gasteiger charge is -2.37. The fraction of sp³-hybridized carbons (Fsp3) is 0.304. The Hall–Kier alpha value is -2.57. The van der Waals surface area contributed by atoms with Crippen LogP contribution < -0.4 is 4.90 Å². The monoisotopic (exact) mass is 407 g/mol. The Morgan fingerprint density at radius 2 is 1.62 bits per heavy atom. The molecule has 2 aliphatic rings. The Bertz CT molecular complexity index is 947. The van der Waals surface area contributed by atoms with Gasteiger partial charge in [0.2, 0.25) is 0 Å². The van der Waals surface area contributed by atoms with Crippen LogP contribution in [0.2, 0.25) is 0 Å². The van der Waals surface area contributed by atoms with Crippen LogP contribution in [0.5, 0.6) is 0 Å². The number of carbonyl (C=O) groups is 2. The van der Waals surface area contributed by atoms with Gasteiger partial charge in [-0.3, -0.25) is 19.4 Å². The van der Waals surface area contributed by atoms with Crippen molar-refractivity contribution in [3.63, 3.8) is 0 Å². The van der Waals surface area contributed by atoms with Crippen molar-refractivity contribution in [1.29, 1.82) is 0 Å². The molecule has 2 aliphatic heterocycles. The number of hydrogen-bond donors (Lipinski definition) is 0. The molecule has 150 valence electrons. The molecule has 4 rings (SSSR count). The van der Waals surface area contributed by atoms with Gasteiger partial charge in [0.1, 0.15) is 0 Å². The first-order valence-electron chi connectivity index (χ1n) is 9.86. The van der Waals surface area contributed by atoms with Gasteiger partial charge in [-0.25, -0.2) is 0 Å². The summed E-state index contributed by atoms with van der Waals surface area (Å²) in [6, 6.07) is 16.3. The number of thioether (sulfide) groups is 1. The highest BCUT2D eigenvalue weighted by Gasteiger charge is 2.36. The Balaban J connectivity index is 1.38. The van der Waals surface area contributed by atoms with E-state index < -0.39 is 0 Å². The topological polar surface area (TPSA) is 43.9 Å². The molecule has 2 heterocycles. The summed E-state index contributed by atoms with van der Waals surface area (Å²) in [5.74, 6) is -0.193. The van der Waals surface area contributed by atoms with Gasteiger partial charge in [0.15, 0.2) is 0 Å². The number of amides is 2. The number of imide groups is 1. The first-order chi connectivity index (χ1) is 14.0. The van der Waals surface area contributed by atoms with Gasteiger partial charge in [-0.05, 0) is 48.9 Å². The van der Waals surface area contributed by atoms with Crippen LogP contribution in [0.4, 0.5) is 10.5 Å². The van der Waals surface area contributed by atoms with Crippen LogP contribution in [0.15, 0.2) is 53.4 Å². The van der Waals surface area contributed by atoms with Gasteiger partial charge >= 0.3 is 0 Å². The Labute approximate surface area is 176 Å². The second-order valence-corrected chi connectivity index (χ2v) is 8.55. The molecule has 2 aromatic rings. The van der Waals surface area contributed by atoms with Crippen LogP contribution in [-0.2, 0) is 4.79 Å². The second-order valence-electron chi connectivity index (χ2n) is 7.55. The van der Waals surface area contributed by atoms with Crippen LogP contribution in [0.1, 0.15) is 16.7 Å². The number of aryl methyl sites for hydroxylation is 2. The lowest BCUT2D eigenvalue weighted by atomic mass is 10.1. The van der Waals surface area contributed by atoms with Gasteiger partial charge in [-0.1, -0.05) is 48.0 Å². The van der Waals surface area contributed by atoms with Crippen molar-refractivity contribution in [3.05, 3.63) is 70.1 Å². The summed E-state index contributed by atoms with van der Waals surface area (Å²) in [4.78, 5) is 31.6. The fourth-order valence-corrected chi connectivity index (χ4v) is 4.52. The molecule has 29 heavy (non-hydrogen) atoms. The molecule has 0 bridgehead atoms. The van der Waals surface area contributed by atoms with Crippen molar-refractivity contribution in [2.75, 3.05) is 37.7 Å². The minimum atomic E-state index is -0.193. The smallest absolute Gasteiger partial charge is 0.294 e. The molecular formula is C23H25N3O2S. The summed E-state index contributed by atoms with van der Waals surface area (Å²) in [5.41, 5.74) is 4.64. The van der Waals surface area contributed by atoms with Gasteiger partial charge in [-0.15, -0.1) is 0 Å². The number of carbonyl (C=O) groups excluding carboxylic acids is 2. The maximum Gasteiger partial charge on any atom is 0.294 e. The summed E-state index contributed by atoms with van der Waals surface area (Å²) in [5, 5.41) is -0.185. The van der Waals surface area contributed by atoms with Gasteiger partial charge in [0.25, 0.3) is 11.1 Å². The van der Waals surface area contributed by atoms with Crippen LogP contribution in [0.25, 0.3) is 6.08 Å². The van der Waals surface area contributed by atoms with Crippen LogP contribution in [0.3, 0.4) is 0 Å². The van der Waals surface area contributed by atoms with Crippen molar-refractivity contribution >= 4 is 34.7 Å². The average molecular weight is 408 g/mol. The van der Waals surface area contributed by atoms with Gasteiger partial charge in [-0.2, -0.15) is 0 Å². The predicted octanol–water partition coefficient (Wildman–Crippen LogP) is 4.12. The zero-order valence-corrected chi connectivity index (χ0v) is 17.6. The zero-order chi connectivity index (χ0) is 20.4. The molecule has 0 aliphatic carbocycles. The van der Waals surface area contributed by atoms with E-state index in [-0.39, 0.29) is 11.1 Å². The molecule has 2 aromatic carbocycles. The first-order valence-corrected chi connectivity index (χ1v) is 10.7. The highest BCUT2D eigenvalue weighted by Crippen LogP contribution is 2.32. The normalized spacial score (nSPS) is 19.4. The number of benzene rings is 2. The summed E-state index contributed by atoms with van der Waals surface area (Å²) in [6.45, 7) is 7.94. The van der Waals surface area contributed by atoms with E-state index in [1.807, 2.05) is 31.2 Å². The van der Waals surface area contributed by atoms with E-state index in [9.17, 15) is 9.59 Å². The Morgan fingerprint density at radius 1 is 0.931 bits per heavy atom. The molecule has 5 nitrogen and oxygen atoms in total. The van der Waals surface area contributed by atoms with Crippen LogP contribution in [0, 0.1) is 13.8 Å². The van der Waals surface area contributed by atoms with Crippen molar-refractivity contribution in [2.24, 2.45) is 0 Å². The number of rotatable bonds is 4.